The van der Waals surface area contributed by atoms with E-state index in [1.807, 2.05) is 4.90 Å². The fourth-order valence-electron chi connectivity index (χ4n) is 4.22. The van der Waals surface area contributed by atoms with Gasteiger partial charge in [0.2, 0.25) is 11.8 Å². The highest BCUT2D eigenvalue weighted by atomic mass is 19.1. The molecule has 1 saturated heterocycles. The topological polar surface area (TPSA) is 66.4 Å². The molecule has 0 unspecified atom stereocenters. The van der Waals surface area contributed by atoms with Crippen molar-refractivity contribution in [3.8, 4) is 0 Å². The molecule has 3 heterocycles. The maximum absolute atomic E-state index is 13.4. The summed E-state index contributed by atoms with van der Waals surface area (Å²) in [5.74, 6) is 0.409. The largest absolute Gasteiger partial charge is 0.338 e. The highest BCUT2D eigenvalue weighted by molar-refractivity contribution is 5.79. The van der Waals surface area contributed by atoms with Gasteiger partial charge in [-0.1, -0.05) is 12.1 Å². The van der Waals surface area contributed by atoms with Crippen molar-refractivity contribution in [2.24, 2.45) is 0 Å². The van der Waals surface area contributed by atoms with Gasteiger partial charge in [-0.3, -0.25) is 9.59 Å². The second kappa shape index (κ2) is 8.27. The Hall–Kier alpha value is -2.83. The summed E-state index contributed by atoms with van der Waals surface area (Å²) in [5.41, 5.74) is 2.57. The Morgan fingerprint density at radius 3 is 2.90 bits per heavy atom. The lowest BCUT2D eigenvalue weighted by Crippen LogP contribution is -2.39. The van der Waals surface area contributed by atoms with E-state index in [1.54, 1.807) is 30.2 Å². The van der Waals surface area contributed by atoms with Gasteiger partial charge in [-0.25, -0.2) is 14.4 Å². The van der Waals surface area contributed by atoms with E-state index in [2.05, 4.69) is 4.98 Å². The van der Waals surface area contributed by atoms with Crippen LogP contribution in [0.1, 0.15) is 54.9 Å². The van der Waals surface area contributed by atoms with Crippen molar-refractivity contribution in [3.63, 3.8) is 0 Å². The summed E-state index contributed by atoms with van der Waals surface area (Å²) in [4.78, 5) is 37.6. The van der Waals surface area contributed by atoms with E-state index in [-0.39, 0.29) is 30.1 Å². The molecule has 29 heavy (non-hydrogen) atoms. The number of amides is 2. The van der Waals surface area contributed by atoms with E-state index in [4.69, 9.17) is 4.98 Å². The molecule has 0 bridgehead atoms. The lowest BCUT2D eigenvalue weighted by molar-refractivity contribution is -0.133. The van der Waals surface area contributed by atoms with Gasteiger partial charge in [0, 0.05) is 44.7 Å². The Morgan fingerprint density at radius 1 is 1.24 bits per heavy atom. The third-order valence-electron chi connectivity index (χ3n) is 5.75. The Labute approximate surface area is 169 Å². The summed E-state index contributed by atoms with van der Waals surface area (Å²) in [6.07, 6.45) is 5.61. The first kappa shape index (κ1) is 19.5. The molecule has 2 aliphatic rings. The van der Waals surface area contributed by atoms with E-state index in [0.29, 0.717) is 30.9 Å². The fourth-order valence-corrected chi connectivity index (χ4v) is 4.22. The molecule has 4 rings (SSSR count). The van der Waals surface area contributed by atoms with Gasteiger partial charge >= 0.3 is 0 Å². The van der Waals surface area contributed by atoms with Crippen molar-refractivity contribution in [3.05, 3.63) is 58.9 Å². The number of nitrogens with zero attached hydrogens (tertiary/aromatic N) is 4. The number of benzene rings is 1. The zero-order chi connectivity index (χ0) is 20.4. The lowest BCUT2D eigenvalue weighted by Gasteiger charge is -2.35. The van der Waals surface area contributed by atoms with Crippen molar-refractivity contribution in [1.29, 1.82) is 0 Å². The average molecular weight is 396 g/mol. The third-order valence-corrected chi connectivity index (χ3v) is 5.75. The summed E-state index contributed by atoms with van der Waals surface area (Å²) < 4.78 is 13.4. The van der Waals surface area contributed by atoms with E-state index >= 15 is 0 Å². The molecule has 0 aliphatic carbocycles. The van der Waals surface area contributed by atoms with E-state index in [1.165, 1.54) is 12.1 Å². The number of fused-ring (bicyclic) bond motifs is 1. The minimum atomic E-state index is -0.331. The molecule has 152 valence electrons. The van der Waals surface area contributed by atoms with Gasteiger partial charge in [0.15, 0.2) is 5.82 Å². The Kier molecular flexibility index (Phi) is 5.56. The monoisotopic (exact) mass is 396 g/mol. The van der Waals surface area contributed by atoms with Crippen LogP contribution in [0.15, 0.2) is 30.5 Å². The van der Waals surface area contributed by atoms with Gasteiger partial charge in [-0.05, 0) is 37.0 Å². The highest BCUT2D eigenvalue weighted by Crippen LogP contribution is 2.30. The average Bonchev–Trinajstić information content (AvgIpc) is 2.73. The van der Waals surface area contributed by atoms with Crippen molar-refractivity contribution in [2.45, 2.75) is 51.6 Å². The maximum Gasteiger partial charge on any atom is 0.227 e. The van der Waals surface area contributed by atoms with Gasteiger partial charge in [0.05, 0.1) is 18.2 Å². The molecular weight excluding hydrogens is 371 g/mol. The summed E-state index contributed by atoms with van der Waals surface area (Å²) in [5, 5.41) is 0. The van der Waals surface area contributed by atoms with E-state index in [0.717, 1.165) is 37.1 Å². The Balaban J connectivity index is 1.46. The van der Waals surface area contributed by atoms with Crippen LogP contribution < -0.4 is 0 Å². The summed E-state index contributed by atoms with van der Waals surface area (Å²) in [6.45, 7) is 3.39. The molecule has 2 amide bonds. The van der Waals surface area contributed by atoms with Crippen LogP contribution >= 0.6 is 0 Å². The number of carbonyl (C=O) groups excluding carboxylic acids is 2. The first-order valence-electron chi connectivity index (χ1n) is 10.2. The van der Waals surface area contributed by atoms with Gasteiger partial charge in [0.1, 0.15) is 5.82 Å². The van der Waals surface area contributed by atoms with Crippen LogP contribution in [0, 0.1) is 5.82 Å². The fraction of sp³-hybridized carbons (Fsp3) is 0.455. The third kappa shape index (κ3) is 4.28. The van der Waals surface area contributed by atoms with Crippen molar-refractivity contribution in [2.75, 3.05) is 13.1 Å². The van der Waals surface area contributed by atoms with E-state index in [9.17, 15) is 14.0 Å². The Morgan fingerprint density at radius 2 is 2.10 bits per heavy atom. The molecular formula is C22H25FN4O2. The molecule has 1 atom stereocenters. The number of hydrogen-bond donors (Lipinski definition) is 0. The minimum absolute atomic E-state index is 0.0274. The first-order chi connectivity index (χ1) is 14.0. The van der Waals surface area contributed by atoms with Crippen molar-refractivity contribution >= 4 is 11.8 Å². The quantitative estimate of drug-likeness (QED) is 0.800. The minimum Gasteiger partial charge on any atom is -0.338 e. The first-order valence-corrected chi connectivity index (χ1v) is 10.2. The predicted molar refractivity (Wildman–Crippen MR) is 105 cm³/mol. The van der Waals surface area contributed by atoms with Gasteiger partial charge in [-0.15, -0.1) is 0 Å². The number of hydrogen-bond acceptors (Lipinski definition) is 4. The molecule has 7 heteroatoms. The molecule has 1 aromatic heterocycles. The number of halogens is 1. The van der Waals surface area contributed by atoms with Crippen LogP contribution in [0.2, 0.25) is 0 Å². The maximum atomic E-state index is 13.4. The molecule has 2 aliphatic heterocycles. The zero-order valence-electron chi connectivity index (χ0n) is 16.6. The number of carbonyl (C=O) groups is 2. The summed E-state index contributed by atoms with van der Waals surface area (Å²) in [6, 6.07) is 6.10. The van der Waals surface area contributed by atoms with Crippen LogP contribution in [0.3, 0.4) is 0 Å². The molecule has 1 aromatic carbocycles. The number of likely N-dealkylation sites (tertiary alicyclic amines) is 1. The predicted octanol–water partition coefficient (Wildman–Crippen LogP) is 2.82. The molecule has 0 spiro atoms. The van der Waals surface area contributed by atoms with Crippen LogP contribution in [-0.4, -0.2) is 44.7 Å². The molecule has 1 fully saturated rings. The standard InChI is InChI=1S/C22H25FN4O2/c1-15(28)27-9-3-2-7-20(27)22-24-13-17-14-26(10-8-19(17)25-22)21(29)12-16-5-4-6-18(23)11-16/h4-6,11,13,20H,2-3,7-10,12,14H2,1H3/t20-/m0/s1. The smallest absolute Gasteiger partial charge is 0.227 e. The number of aromatic nitrogens is 2. The zero-order valence-corrected chi connectivity index (χ0v) is 16.6. The molecule has 0 radical (unpaired) electrons. The van der Waals surface area contributed by atoms with Crippen molar-refractivity contribution in [1.82, 2.24) is 19.8 Å². The van der Waals surface area contributed by atoms with Crippen LogP contribution in [0.5, 0.6) is 0 Å². The molecule has 6 nitrogen and oxygen atoms in total. The summed E-state index contributed by atoms with van der Waals surface area (Å²) >= 11 is 0. The SMILES string of the molecule is CC(=O)N1CCCC[C@H]1c1ncc2c(n1)CCN(C(=O)Cc1cccc(F)c1)C2. The molecule has 0 saturated carbocycles. The lowest BCUT2D eigenvalue weighted by atomic mass is 10.00. The van der Waals surface area contributed by atoms with Gasteiger partial charge in [0.25, 0.3) is 0 Å². The highest BCUT2D eigenvalue weighted by Gasteiger charge is 2.30. The van der Waals surface area contributed by atoms with Crippen molar-refractivity contribution < 1.29 is 14.0 Å². The molecule has 2 aromatic rings. The van der Waals surface area contributed by atoms with Crippen LogP contribution in [0.4, 0.5) is 4.39 Å². The Bertz CT molecular complexity index is 933. The van der Waals surface area contributed by atoms with Gasteiger partial charge < -0.3 is 9.80 Å². The van der Waals surface area contributed by atoms with E-state index < -0.39 is 0 Å². The summed E-state index contributed by atoms with van der Waals surface area (Å²) in [7, 11) is 0. The second-order valence-corrected chi connectivity index (χ2v) is 7.80. The van der Waals surface area contributed by atoms with Crippen LogP contribution in [-0.2, 0) is 29.0 Å². The van der Waals surface area contributed by atoms with Crippen LogP contribution in [0.25, 0.3) is 0 Å². The second-order valence-electron chi connectivity index (χ2n) is 7.80. The number of piperidine rings is 1. The molecule has 0 N–H and O–H groups in total. The normalized spacial score (nSPS) is 19.0. The number of rotatable bonds is 3. The van der Waals surface area contributed by atoms with Gasteiger partial charge in [-0.2, -0.15) is 0 Å².